The highest BCUT2D eigenvalue weighted by atomic mass is 16.6. The Morgan fingerprint density at radius 1 is 1.23 bits per heavy atom. The maximum Gasteiger partial charge on any atom is 0.414 e. The first-order chi connectivity index (χ1) is 14.7. The van der Waals surface area contributed by atoms with Crippen molar-refractivity contribution < 1.29 is 19.1 Å². The Kier molecular flexibility index (Phi) is 7.03. The zero-order chi connectivity index (χ0) is 22.6. The van der Waals surface area contributed by atoms with Crippen LogP contribution in [0.5, 0.6) is 0 Å². The van der Waals surface area contributed by atoms with Crippen molar-refractivity contribution in [3.05, 3.63) is 42.0 Å². The van der Waals surface area contributed by atoms with E-state index in [0.717, 1.165) is 42.5 Å². The summed E-state index contributed by atoms with van der Waals surface area (Å²) >= 11 is 0. The molecule has 0 aromatic heterocycles. The van der Waals surface area contributed by atoms with Crippen LogP contribution in [0.15, 0.2) is 30.9 Å². The molecule has 2 aliphatic heterocycles. The van der Waals surface area contributed by atoms with Crippen LogP contribution in [0.3, 0.4) is 0 Å². The summed E-state index contributed by atoms with van der Waals surface area (Å²) in [5.74, 6) is -0.352. The van der Waals surface area contributed by atoms with Crippen LogP contribution in [0.2, 0.25) is 0 Å². The van der Waals surface area contributed by atoms with Gasteiger partial charge in [-0.2, -0.15) is 0 Å². The standard InChI is InChI=1S/C24H33N3O4/c1-5-21(28)26-12-6-9-19(16-26)22(29)25-15-17-10-11-20-18(14-17)8-7-13-27(20)23(30)31-24(2,3)4/h5,10-11,14,19H,1,6-9,12-13,15-16H2,2-4H3,(H,25,29). The Hall–Kier alpha value is -2.83. The van der Waals surface area contributed by atoms with Crippen LogP contribution < -0.4 is 10.2 Å². The normalized spacial score (nSPS) is 18.7. The third-order valence-electron chi connectivity index (χ3n) is 5.62. The molecule has 0 bridgehead atoms. The van der Waals surface area contributed by atoms with E-state index in [1.54, 1.807) is 9.80 Å². The number of hydrogen-bond donors (Lipinski definition) is 1. The molecule has 1 aromatic carbocycles. The molecule has 1 aromatic rings. The van der Waals surface area contributed by atoms with Crippen LogP contribution in [-0.2, 0) is 27.3 Å². The Balaban J connectivity index is 1.61. The van der Waals surface area contributed by atoms with Gasteiger partial charge in [0.2, 0.25) is 11.8 Å². The fourth-order valence-corrected chi connectivity index (χ4v) is 4.12. The average molecular weight is 428 g/mol. The lowest BCUT2D eigenvalue weighted by molar-refractivity contribution is -0.132. The molecule has 0 aliphatic carbocycles. The van der Waals surface area contributed by atoms with Crippen LogP contribution in [0.4, 0.5) is 10.5 Å². The quantitative estimate of drug-likeness (QED) is 0.747. The molecule has 1 N–H and O–H groups in total. The second-order valence-electron chi connectivity index (χ2n) is 9.24. The Morgan fingerprint density at radius 2 is 2.00 bits per heavy atom. The van der Waals surface area contributed by atoms with Crippen molar-refractivity contribution in [1.82, 2.24) is 10.2 Å². The largest absolute Gasteiger partial charge is 0.443 e. The summed E-state index contributed by atoms with van der Waals surface area (Å²) in [4.78, 5) is 40.4. The molecule has 1 fully saturated rings. The summed E-state index contributed by atoms with van der Waals surface area (Å²) in [6.07, 6.45) is 4.33. The lowest BCUT2D eigenvalue weighted by Gasteiger charge is -2.32. The summed E-state index contributed by atoms with van der Waals surface area (Å²) in [6, 6.07) is 5.93. The van der Waals surface area contributed by atoms with Crippen LogP contribution in [0, 0.1) is 5.92 Å². The van der Waals surface area contributed by atoms with E-state index in [4.69, 9.17) is 4.74 Å². The highest BCUT2D eigenvalue weighted by Crippen LogP contribution is 2.29. The number of piperidine rings is 1. The van der Waals surface area contributed by atoms with E-state index in [9.17, 15) is 14.4 Å². The zero-order valence-electron chi connectivity index (χ0n) is 18.8. The molecule has 2 heterocycles. The molecular weight excluding hydrogens is 394 g/mol. The van der Waals surface area contributed by atoms with Crippen molar-refractivity contribution >= 4 is 23.6 Å². The van der Waals surface area contributed by atoms with Crippen LogP contribution in [0.1, 0.15) is 51.2 Å². The summed E-state index contributed by atoms with van der Waals surface area (Å²) < 4.78 is 5.54. The second kappa shape index (κ2) is 9.54. The molecule has 2 aliphatic rings. The topological polar surface area (TPSA) is 79.0 Å². The molecular formula is C24H33N3O4. The van der Waals surface area contributed by atoms with E-state index in [2.05, 4.69) is 18.0 Å². The first kappa shape index (κ1) is 22.8. The molecule has 3 rings (SSSR count). The Bertz CT molecular complexity index is 859. The van der Waals surface area contributed by atoms with Crippen LogP contribution in [0.25, 0.3) is 0 Å². The van der Waals surface area contributed by atoms with Crippen molar-refractivity contribution in [2.75, 3.05) is 24.5 Å². The third-order valence-corrected chi connectivity index (χ3v) is 5.62. The maximum atomic E-state index is 12.6. The fourth-order valence-electron chi connectivity index (χ4n) is 4.12. The minimum Gasteiger partial charge on any atom is -0.443 e. The predicted molar refractivity (Wildman–Crippen MR) is 120 cm³/mol. The van der Waals surface area contributed by atoms with E-state index in [1.165, 1.54) is 6.08 Å². The molecule has 3 amide bonds. The minimum atomic E-state index is -0.538. The number of nitrogens with zero attached hydrogens (tertiary/aromatic N) is 2. The SMILES string of the molecule is C=CC(=O)N1CCCC(C(=O)NCc2ccc3c(c2)CCCN3C(=O)OC(C)(C)C)C1. The summed E-state index contributed by atoms with van der Waals surface area (Å²) in [7, 11) is 0. The Morgan fingerprint density at radius 3 is 2.71 bits per heavy atom. The van der Waals surface area contributed by atoms with Crippen molar-refractivity contribution in [1.29, 1.82) is 0 Å². The lowest BCUT2D eigenvalue weighted by Crippen LogP contribution is -2.44. The van der Waals surface area contributed by atoms with Gasteiger partial charge in [0.15, 0.2) is 0 Å². The van der Waals surface area contributed by atoms with Gasteiger partial charge in [0.25, 0.3) is 0 Å². The number of fused-ring (bicyclic) bond motifs is 1. The Labute approximate surface area is 184 Å². The van der Waals surface area contributed by atoms with Gasteiger partial charge in [-0.05, 0) is 69.7 Å². The summed E-state index contributed by atoms with van der Waals surface area (Å²) in [6.45, 7) is 11.3. The number of likely N-dealkylation sites (tertiary alicyclic amines) is 1. The highest BCUT2D eigenvalue weighted by Gasteiger charge is 2.29. The minimum absolute atomic E-state index is 0.0327. The molecule has 168 valence electrons. The van der Waals surface area contributed by atoms with Gasteiger partial charge in [-0.3, -0.25) is 14.5 Å². The van der Waals surface area contributed by atoms with Crippen molar-refractivity contribution in [3.8, 4) is 0 Å². The molecule has 1 saturated heterocycles. The molecule has 7 heteroatoms. The van der Waals surface area contributed by atoms with Crippen molar-refractivity contribution in [2.45, 2.75) is 58.6 Å². The van der Waals surface area contributed by atoms with E-state index in [1.807, 2.05) is 32.9 Å². The van der Waals surface area contributed by atoms with Gasteiger partial charge in [-0.1, -0.05) is 18.7 Å². The maximum absolute atomic E-state index is 12.6. The van der Waals surface area contributed by atoms with Gasteiger partial charge >= 0.3 is 6.09 Å². The van der Waals surface area contributed by atoms with Crippen molar-refractivity contribution in [3.63, 3.8) is 0 Å². The van der Waals surface area contributed by atoms with E-state index in [-0.39, 0.29) is 23.8 Å². The smallest absolute Gasteiger partial charge is 0.414 e. The van der Waals surface area contributed by atoms with Crippen LogP contribution in [-0.4, -0.2) is 48.0 Å². The fraction of sp³-hybridized carbons (Fsp3) is 0.542. The van der Waals surface area contributed by atoms with Gasteiger partial charge < -0.3 is 15.0 Å². The zero-order valence-corrected chi connectivity index (χ0v) is 18.8. The number of nitrogens with one attached hydrogen (secondary N) is 1. The molecule has 31 heavy (non-hydrogen) atoms. The van der Waals surface area contributed by atoms with Gasteiger partial charge in [-0.25, -0.2) is 4.79 Å². The second-order valence-corrected chi connectivity index (χ2v) is 9.24. The number of anilines is 1. The van der Waals surface area contributed by atoms with Gasteiger partial charge in [0.05, 0.1) is 11.6 Å². The van der Waals surface area contributed by atoms with Crippen molar-refractivity contribution in [2.24, 2.45) is 5.92 Å². The highest BCUT2D eigenvalue weighted by molar-refractivity contribution is 5.90. The van der Waals surface area contributed by atoms with Gasteiger partial charge in [0, 0.05) is 26.2 Å². The third kappa shape index (κ3) is 5.87. The lowest BCUT2D eigenvalue weighted by atomic mass is 9.96. The molecule has 7 nitrogen and oxygen atoms in total. The number of amides is 3. The molecule has 1 atom stereocenters. The molecule has 1 unspecified atom stereocenters. The number of aryl methyl sites for hydroxylation is 1. The molecule has 0 spiro atoms. The predicted octanol–water partition coefficient (Wildman–Crippen LogP) is 3.42. The average Bonchev–Trinajstić information content (AvgIpc) is 2.75. The number of carbonyl (C=O) groups excluding carboxylic acids is 3. The number of benzene rings is 1. The summed E-state index contributed by atoms with van der Waals surface area (Å²) in [5, 5.41) is 3.01. The molecule has 0 saturated carbocycles. The van der Waals surface area contributed by atoms with E-state index < -0.39 is 5.60 Å². The first-order valence-electron chi connectivity index (χ1n) is 11.0. The number of hydrogen-bond acceptors (Lipinski definition) is 4. The number of ether oxygens (including phenoxy) is 1. The molecule has 0 radical (unpaired) electrons. The number of carbonyl (C=O) groups is 3. The van der Waals surface area contributed by atoms with Crippen LogP contribution >= 0.6 is 0 Å². The summed E-state index contributed by atoms with van der Waals surface area (Å²) in [5.41, 5.74) is 2.42. The number of rotatable bonds is 4. The van der Waals surface area contributed by atoms with E-state index >= 15 is 0 Å². The van der Waals surface area contributed by atoms with E-state index in [0.29, 0.717) is 26.2 Å². The van der Waals surface area contributed by atoms with Gasteiger partial charge in [0.1, 0.15) is 5.60 Å². The first-order valence-corrected chi connectivity index (χ1v) is 11.0. The van der Waals surface area contributed by atoms with Gasteiger partial charge in [-0.15, -0.1) is 0 Å². The monoisotopic (exact) mass is 427 g/mol.